The predicted octanol–water partition coefficient (Wildman–Crippen LogP) is 1.44. The second-order valence-corrected chi connectivity index (χ2v) is 6.66. The number of carboxylic acid groups (broad SMARTS) is 1. The second-order valence-electron chi connectivity index (χ2n) is 5.79. The van der Waals surface area contributed by atoms with Crippen LogP contribution in [-0.2, 0) is 19.2 Å². The lowest BCUT2D eigenvalue weighted by atomic mass is 10.0. The van der Waals surface area contributed by atoms with Gasteiger partial charge >= 0.3 is 5.97 Å². The molecule has 0 radical (unpaired) electrons. The molecule has 9 nitrogen and oxygen atoms in total. The molecular weight excluding hydrogens is 386 g/mol. The molecule has 0 spiro atoms. The van der Waals surface area contributed by atoms with Crippen LogP contribution in [0.5, 0.6) is 5.75 Å². The monoisotopic (exact) mass is 413 g/mol. The highest BCUT2D eigenvalue weighted by Crippen LogP contribution is 2.27. The molecule has 0 saturated heterocycles. The zero-order valence-corrected chi connectivity index (χ0v) is 17.1. The third-order valence-electron chi connectivity index (χ3n) is 3.74. The van der Waals surface area contributed by atoms with E-state index in [0.717, 1.165) is 5.06 Å². The van der Waals surface area contributed by atoms with E-state index in [4.69, 9.17) is 20.4 Å². The molecule has 0 aliphatic heterocycles. The molecule has 10 heteroatoms. The van der Waals surface area contributed by atoms with Crippen molar-refractivity contribution in [1.82, 2.24) is 10.4 Å². The molecule has 0 bridgehead atoms. The van der Waals surface area contributed by atoms with Crippen LogP contribution < -0.4 is 15.8 Å². The normalized spacial score (nSPS) is 11.5. The number of amides is 2. The van der Waals surface area contributed by atoms with Crippen molar-refractivity contribution in [2.75, 3.05) is 38.0 Å². The van der Waals surface area contributed by atoms with Gasteiger partial charge in [-0.15, -0.1) is 0 Å². The zero-order valence-electron chi connectivity index (χ0n) is 16.3. The lowest BCUT2D eigenvalue weighted by Crippen LogP contribution is -2.43. The average Bonchev–Trinajstić information content (AvgIpc) is 2.65. The molecule has 0 fully saturated rings. The summed E-state index contributed by atoms with van der Waals surface area (Å²) in [6, 6.07) is 3.82. The van der Waals surface area contributed by atoms with E-state index in [1.807, 2.05) is 0 Å². The van der Waals surface area contributed by atoms with Crippen molar-refractivity contribution in [3.63, 3.8) is 0 Å². The fraction of sp³-hybridized carbons (Fsp3) is 0.500. The molecule has 28 heavy (non-hydrogen) atoms. The van der Waals surface area contributed by atoms with Crippen molar-refractivity contribution in [3.8, 4) is 5.75 Å². The molecule has 156 valence electrons. The van der Waals surface area contributed by atoms with Crippen LogP contribution in [0.3, 0.4) is 0 Å². The van der Waals surface area contributed by atoms with E-state index in [9.17, 15) is 14.4 Å². The molecule has 1 unspecified atom stereocenters. The van der Waals surface area contributed by atoms with Crippen LogP contribution in [0, 0.1) is 0 Å². The summed E-state index contributed by atoms with van der Waals surface area (Å²) in [5, 5.41) is 12.5. The molecule has 0 saturated carbocycles. The van der Waals surface area contributed by atoms with Gasteiger partial charge in [0.15, 0.2) is 0 Å². The van der Waals surface area contributed by atoms with Gasteiger partial charge in [-0.25, -0.2) is 5.06 Å². The number of hydroxylamine groups is 2. The molecule has 2 amide bonds. The lowest BCUT2D eigenvalue weighted by molar-refractivity contribution is -0.177. The molecule has 1 aromatic rings. The Kier molecular flexibility index (Phi) is 10.2. The summed E-state index contributed by atoms with van der Waals surface area (Å²) in [5.41, 5.74) is 6.79. The van der Waals surface area contributed by atoms with E-state index in [2.05, 4.69) is 5.32 Å². The topological polar surface area (TPSA) is 131 Å². The lowest BCUT2D eigenvalue weighted by Gasteiger charge is -2.25. The van der Waals surface area contributed by atoms with Gasteiger partial charge in [0.05, 0.1) is 25.2 Å². The molecule has 0 aliphatic rings. The number of carboxylic acids is 1. The van der Waals surface area contributed by atoms with Crippen LogP contribution in [0.1, 0.15) is 31.4 Å². The van der Waals surface area contributed by atoms with E-state index >= 15 is 0 Å². The quantitative estimate of drug-likeness (QED) is 0.266. The molecule has 0 heterocycles. The van der Waals surface area contributed by atoms with Crippen LogP contribution in [0.2, 0.25) is 0 Å². The maximum absolute atomic E-state index is 12.8. The minimum absolute atomic E-state index is 0.0000928. The number of hydrogen-bond donors (Lipinski definition) is 3. The van der Waals surface area contributed by atoms with Crippen LogP contribution in [-0.4, -0.2) is 60.2 Å². The summed E-state index contributed by atoms with van der Waals surface area (Å²) < 4.78 is 5.49. The van der Waals surface area contributed by atoms with Crippen LogP contribution in [0.15, 0.2) is 18.2 Å². The summed E-state index contributed by atoms with van der Waals surface area (Å²) >= 11 is 1.34. The minimum atomic E-state index is -0.956. The Morgan fingerprint density at radius 3 is 2.61 bits per heavy atom. The number of nitrogens with zero attached hydrogens (tertiary/aromatic N) is 1. The first kappa shape index (κ1) is 23.6. The Labute approximate surface area is 168 Å². The number of carbonyl (C=O) groups excluding carboxylic acids is 2. The summed E-state index contributed by atoms with van der Waals surface area (Å²) in [6.45, 7) is 2.27. The van der Waals surface area contributed by atoms with Gasteiger partial charge in [0.1, 0.15) is 11.8 Å². The molecule has 0 aliphatic carbocycles. The van der Waals surface area contributed by atoms with E-state index in [0.29, 0.717) is 24.3 Å². The fourth-order valence-electron chi connectivity index (χ4n) is 2.42. The minimum Gasteiger partial charge on any atom is -0.491 e. The number of anilines is 1. The zero-order chi connectivity index (χ0) is 21.1. The van der Waals surface area contributed by atoms with Crippen LogP contribution in [0.4, 0.5) is 5.69 Å². The SMILES string of the molecule is CCN(OC)C(=O)C(NC(=O)CSC)c1ccc(OCCCC(=O)O)c(N)c1. The molecule has 1 rings (SSSR count). The Morgan fingerprint density at radius 1 is 1.36 bits per heavy atom. The number of benzene rings is 1. The van der Waals surface area contributed by atoms with E-state index < -0.39 is 17.9 Å². The number of nitrogens with one attached hydrogen (secondary N) is 1. The number of hydrogen-bond acceptors (Lipinski definition) is 7. The van der Waals surface area contributed by atoms with E-state index in [1.54, 1.807) is 31.4 Å². The first-order chi connectivity index (χ1) is 13.3. The molecular formula is C18H27N3O6S. The smallest absolute Gasteiger partial charge is 0.303 e. The van der Waals surface area contributed by atoms with Gasteiger partial charge in [-0.1, -0.05) is 6.07 Å². The summed E-state index contributed by atoms with van der Waals surface area (Å²) in [4.78, 5) is 40.4. The Bertz CT molecular complexity index is 681. The Morgan fingerprint density at radius 2 is 2.07 bits per heavy atom. The highest BCUT2D eigenvalue weighted by atomic mass is 32.2. The van der Waals surface area contributed by atoms with Gasteiger partial charge in [0.25, 0.3) is 5.91 Å². The maximum atomic E-state index is 12.8. The summed E-state index contributed by atoms with van der Waals surface area (Å²) in [7, 11) is 1.38. The Hall–Kier alpha value is -2.46. The van der Waals surface area contributed by atoms with Crippen molar-refractivity contribution in [2.45, 2.75) is 25.8 Å². The number of likely N-dealkylation sites (N-methyl/N-ethyl adjacent to an activating group) is 1. The van der Waals surface area contributed by atoms with Crippen LogP contribution >= 0.6 is 11.8 Å². The summed E-state index contributed by atoms with van der Waals surface area (Å²) in [5.74, 6) is -1.01. The Balaban J connectivity index is 2.99. The molecule has 1 atom stereocenters. The first-order valence-corrected chi connectivity index (χ1v) is 10.1. The number of nitrogen functional groups attached to an aromatic ring is 1. The van der Waals surface area contributed by atoms with Crippen molar-refractivity contribution in [1.29, 1.82) is 0 Å². The average molecular weight is 413 g/mol. The van der Waals surface area contributed by atoms with Gasteiger partial charge in [-0.3, -0.25) is 19.2 Å². The van der Waals surface area contributed by atoms with Crippen molar-refractivity contribution in [2.24, 2.45) is 0 Å². The van der Waals surface area contributed by atoms with Crippen molar-refractivity contribution < 1.29 is 29.1 Å². The third-order valence-corrected chi connectivity index (χ3v) is 4.29. The number of thioether (sulfide) groups is 1. The second kappa shape index (κ2) is 12.1. The third kappa shape index (κ3) is 7.28. The van der Waals surface area contributed by atoms with Crippen molar-refractivity contribution >= 4 is 35.2 Å². The number of aliphatic carboxylic acids is 1. The predicted molar refractivity (Wildman–Crippen MR) is 107 cm³/mol. The van der Waals surface area contributed by atoms with Gasteiger partial charge in [0.2, 0.25) is 5.91 Å². The molecule has 1 aromatic carbocycles. The summed E-state index contributed by atoms with van der Waals surface area (Å²) in [6.07, 6.45) is 2.14. The number of ether oxygens (including phenoxy) is 1. The standard InChI is InChI=1S/C18H27N3O6S/c1-4-21(26-2)18(25)17(20-15(22)11-28-3)12-7-8-14(13(19)10-12)27-9-5-6-16(23)24/h7-8,10,17H,4-6,9,11,19H2,1-3H3,(H,20,22)(H,23,24). The molecule has 0 aromatic heterocycles. The first-order valence-electron chi connectivity index (χ1n) is 8.71. The molecule has 4 N–H and O–H groups in total. The van der Waals surface area contributed by atoms with Gasteiger partial charge in [0, 0.05) is 13.0 Å². The van der Waals surface area contributed by atoms with Gasteiger partial charge in [-0.2, -0.15) is 11.8 Å². The fourth-order valence-corrected chi connectivity index (χ4v) is 2.77. The van der Waals surface area contributed by atoms with E-state index in [1.165, 1.54) is 18.9 Å². The van der Waals surface area contributed by atoms with Crippen LogP contribution in [0.25, 0.3) is 0 Å². The van der Waals surface area contributed by atoms with Crippen molar-refractivity contribution in [3.05, 3.63) is 23.8 Å². The number of nitrogens with two attached hydrogens (primary N) is 1. The number of rotatable bonds is 12. The highest BCUT2D eigenvalue weighted by molar-refractivity contribution is 7.99. The van der Waals surface area contributed by atoms with Gasteiger partial charge < -0.3 is 20.9 Å². The largest absolute Gasteiger partial charge is 0.491 e. The highest BCUT2D eigenvalue weighted by Gasteiger charge is 2.27. The van der Waals surface area contributed by atoms with E-state index in [-0.39, 0.29) is 30.4 Å². The number of carbonyl (C=O) groups is 3. The van der Waals surface area contributed by atoms with Gasteiger partial charge in [-0.05, 0) is 37.3 Å². The maximum Gasteiger partial charge on any atom is 0.303 e.